The van der Waals surface area contributed by atoms with Crippen LogP contribution >= 0.6 is 0 Å². The van der Waals surface area contributed by atoms with E-state index in [1.807, 2.05) is 24.6 Å². The summed E-state index contributed by atoms with van der Waals surface area (Å²) in [4.78, 5) is 0. The summed E-state index contributed by atoms with van der Waals surface area (Å²) in [6.45, 7) is 5.19. The normalized spacial score (nSPS) is 10.9. The van der Waals surface area contributed by atoms with Gasteiger partial charge in [0.15, 0.2) is 0 Å². The third-order valence-corrected chi connectivity index (χ3v) is 2.45. The Bertz CT molecular complexity index is 456. The maximum Gasteiger partial charge on any atom is 0.122 e. The lowest BCUT2D eigenvalue weighted by atomic mass is 10.2. The van der Waals surface area contributed by atoms with E-state index in [0.717, 1.165) is 29.3 Å². The second kappa shape index (κ2) is 3.90. The average Bonchev–Trinajstić information content (AvgIpc) is 2.74. The summed E-state index contributed by atoms with van der Waals surface area (Å²) in [7, 11) is 0. The standard InChI is InChI=1S/C11H15N3O/c1-8-5-9(2)14(13-8)7-10-3-4-15-11(10)6-12/h3-5H,6-7,12H2,1-2H3. The Hall–Kier alpha value is -1.55. The topological polar surface area (TPSA) is 57.0 Å². The van der Waals surface area contributed by atoms with Crippen molar-refractivity contribution in [3.63, 3.8) is 0 Å². The molecule has 2 N–H and O–H groups in total. The molecule has 0 aliphatic heterocycles. The van der Waals surface area contributed by atoms with Crippen molar-refractivity contribution in [2.45, 2.75) is 26.9 Å². The fraction of sp³-hybridized carbons (Fsp3) is 0.364. The van der Waals surface area contributed by atoms with Crippen LogP contribution in [0.1, 0.15) is 22.7 Å². The molecular formula is C11H15N3O. The van der Waals surface area contributed by atoms with Crippen LogP contribution in [0.2, 0.25) is 0 Å². The van der Waals surface area contributed by atoms with Crippen LogP contribution in [0.5, 0.6) is 0 Å². The number of aryl methyl sites for hydroxylation is 2. The van der Waals surface area contributed by atoms with Crippen molar-refractivity contribution in [3.05, 3.63) is 41.1 Å². The molecule has 0 radical (unpaired) electrons. The number of rotatable bonds is 3. The van der Waals surface area contributed by atoms with Gasteiger partial charge in [-0.3, -0.25) is 4.68 Å². The molecule has 0 aliphatic carbocycles. The molecule has 0 fully saturated rings. The molecule has 2 aromatic rings. The van der Waals surface area contributed by atoms with Crippen LogP contribution in [-0.4, -0.2) is 9.78 Å². The highest BCUT2D eigenvalue weighted by Crippen LogP contribution is 2.13. The van der Waals surface area contributed by atoms with Gasteiger partial charge in [-0.15, -0.1) is 0 Å². The van der Waals surface area contributed by atoms with Crippen molar-refractivity contribution in [1.29, 1.82) is 0 Å². The van der Waals surface area contributed by atoms with E-state index in [9.17, 15) is 0 Å². The van der Waals surface area contributed by atoms with E-state index in [2.05, 4.69) is 11.2 Å². The summed E-state index contributed by atoms with van der Waals surface area (Å²) < 4.78 is 7.22. The highest BCUT2D eigenvalue weighted by Gasteiger charge is 2.07. The van der Waals surface area contributed by atoms with Gasteiger partial charge >= 0.3 is 0 Å². The Kier molecular flexibility index (Phi) is 2.60. The third kappa shape index (κ3) is 1.94. The first kappa shape index (κ1) is 9.98. The first-order chi connectivity index (χ1) is 7.20. The molecule has 2 rings (SSSR count). The van der Waals surface area contributed by atoms with Crippen molar-refractivity contribution in [2.75, 3.05) is 0 Å². The first-order valence-electron chi connectivity index (χ1n) is 4.97. The molecule has 0 aromatic carbocycles. The Morgan fingerprint density at radius 2 is 2.27 bits per heavy atom. The number of furan rings is 1. The minimum atomic E-state index is 0.432. The Morgan fingerprint density at radius 3 is 2.87 bits per heavy atom. The third-order valence-electron chi connectivity index (χ3n) is 2.45. The van der Waals surface area contributed by atoms with Gasteiger partial charge in [-0.25, -0.2) is 0 Å². The molecule has 0 atom stereocenters. The lowest BCUT2D eigenvalue weighted by Gasteiger charge is -2.03. The lowest BCUT2D eigenvalue weighted by Crippen LogP contribution is -2.06. The van der Waals surface area contributed by atoms with Crippen molar-refractivity contribution in [1.82, 2.24) is 9.78 Å². The first-order valence-corrected chi connectivity index (χ1v) is 4.97. The molecule has 0 unspecified atom stereocenters. The van der Waals surface area contributed by atoms with Gasteiger partial charge in [-0.05, 0) is 26.0 Å². The zero-order valence-corrected chi connectivity index (χ0v) is 9.03. The zero-order valence-electron chi connectivity index (χ0n) is 9.03. The molecular weight excluding hydrogens is 190 g/mol. The van der Waals surface area contributed by atoms with Gasteiger partial charge in [-0.2, -0.15) is 5.10 Å². The minimum absolute atomic E-state index is 0.432. The predicted octanol–water partition coefficient (Wildman–Crippen LogP) is 1.60. The molecule has 2 aromatic heterocycles. The Morgan fingerprint density at radius 1 is 1.47 bits per heavy atom. The molecule has 15 heavy (non-hydrogen) atoms. The van der Waals surface area contributed by atoms with Crippen LogP contribution in [0.15, 0.2) is 22.8 Å². The Labute approximate surface area is 88.7 Å². The Balaban J connectivity index is 2.25. The second-order valence-electron chi connectivity index (χ2n) is 3.66. The van der Waals surface area contributed by atoms with Crippen molar-refractivity contribution < 1.29 is 4.42 Å². The smallest absolute Gasteiger partial charge is 0.122 e. The number of nitrogens with zero attached hydrogens (tertiary/aromatic N) is 2. The van der Waals surface area contributed by atoms with Crippen LogP contribution in [-0.2, 0) is 13.1 Å². The van der Waals surface area contributed by atoms with Gasteiger partial charge in [0.1, 0.15) is 5.76 Å². The van der Waals surface area contributed by atoms with Gasteiger partial charge in [0.25, 0.3) is 0 Å². The van der Waals surface area contributed by atoms with Gasteiger partial charge in [0, 0.05) is 11.3 Å². The highest BCUT2D eigenvalue weighted by molar-refractivity contribution is 5.18. The molecule has 4 nitrogen and oxygen atoms in total. The van der Waals surface area contributed by atoms with E-state index < -0.39 is 0 Å². The quantitative estimate of drug-likeness (QED) is 0.828. The van der Waals surface area contributed by atoms with Crippen LogP contribution in [0.3, 0.4) is 0 Å². The van der Waals surface area contributed by atoms with E-state index in [-0.39, 0.29) is 0 Å². The number of hydrogen-bond donors (Lipinski definition) is 1. The summed E-state index contributed by atoms with van der Waals surface area (Å²) in [6, 6.07) is 4.00. The molecule has 0 saturated heterocycles. The maximum atomic E-state index is 5.57. The van der Waals surface area contributed by atoms with Crippen molar-refractivity contribution >= 4 is 0 Å². The van der Waals surface area contributed by atoms with E-state index in [4.69, 9.17) is 10.2 Å². The van der Waals surface area contributed by atoms with E-state index >= 15 is 0 Å². The molecule has 4 heteroatoms. The summed E-state index contributed by atoms with van der Waals surface area (Å²) in [5, 5.41) is 4.39. The van der Waals surface area contributed by atoms with E-state index in [0.29, 0.717) is 6.54 Å². The van der Waals surface area contributed by atoms with Crippen LogP contribution in [0.4, 0.5) is 0 Å². The van der Waals surface area contributed by atoms with Crippen LogP contribution in [0.25, 0.3) is 0 Å². The highest BCUT2D eigenvalue weighted by atomic mass is 16.3. The fourth-order valence-corrected chi connectivity index (χ4v) is 1.68. The monoisotopic (exact) mass is 205 g/mol. The fourth-order valence-electron chi connectivity index (χ4n) is 1.68. The summed E-state index contributed by atoms with van der Waals surface area (Å²) >= 11 is 0. The van der Waals surface area contributed by atoms with Crippen LogP contribution in [0, 0.1) is 13.8 Å². The molecule has 0 saturated carbocycles. The summed E-state index contributed by atoms with van der Waals surface area (Å²) in [5.41, 5.74) is 8.85. The van der Waals surface area contributed by atoms with Gasteiger partial charge < -0.3 is 10.2 Å². The van der Waals surface area contributed by atoms with Gasteiger partial charge in [0.05, 0.1) is 25.0 Å². The van der Waals surface area contributed by atoms with Crippen LogP contribution < -0.4 is 5.73 Å². The van der Waals surface area contributed by atoms with Crippen molar-refractivity contribution in [2.24, 2.45) is 5.73 Å². The number of nitrogens with two attached hydrogens (primary N) is 1. The van der Waals surface area contributed by atoms with Gasteiger partial charge in [-0.1, -0.05) is 0 Å². The SMILES string of the molecule is Cc1cc(C)n(Cc2ccoc2CN)n1. The average molecular weight is 205 g/mol. The van der Waals surface area contributed by atoms with Crippen molar-refractivity contribution in [3.8, 4) is 0 Å². The number of aromatic nitrogens is 2. The summed E-state index contributed by atoms with van der Waals surface area (Å²) in [5.74, 6) is 0.836. The summed E-state index contributed by atoms with van der Waals surface area (Å²) in [6.07, 6.45) is 1.67. The maximum absolute atomic E-state index is 5.57. The molecule has 0 amide bonds. The molecule has 0 bridgehead atoms. The van der Waals surface area contributed by atoms with E-state index in [1.165, 1.54) is 0 Å². The second-order valence-corrected chi connectivity index (χ2v) is 3.66. The lowest BCUT2D eigenvalue weighted by molar-refractivity contribution is 0.503. The molecule has 0 spiro atoms. The minimum Gasteiger partial charge on any atom is -0.468 e. The molecule has 80 valence electrons. The van der Waals surface area contributed by atoms with Gasteiger partial charge in [0.2, 0.25) is 0 Å². The molecule has 2 heterocycles. The number of hydrogen-bond acceptors (Lipinski definition) is 3. The zero-order chi connectivity index (χ0) is 10.8. The largest absolute Gasteiger partial charge is 0.468 e. The predicted molar refractivity (Wildman–Crippen MR) is 57.4 cm³/mol. The van der Waals surface area contributed by atoms with E-state index in [1.54, 1.807) is 6.26 Å². The molecule has 0 aliphatic rings.